The summed E-state index contributed by atoms with van der Waals surface area (Å²) >= 11 is 0. The molecule has 0 heterocycles. The third-order valence-corrected chi connectivity index (χ3v) is 3.73. The fraction of sp³-hybridized carbons (Fsp3) is 0.600. The molecule has 2 heteroatoms. The topological polar surface area (TPSA) is 29.5 Å². The number of aliphatic hydroxyl groups is 1. The molecule has 2 unspecified atom stereocenters. The second-order valence-corrected chi connectivity index (χ2v) is 5.38. The number of hydrogen-bond donors (Lipinski definition) is 1. The quantitative estimate of drug-likeness (QED) is 0.867. The lowest BCUT2D eigenvalue weighted by Gasteiger charge is -2.30. The summed E-state index contributed by atoms with van der Waals surface area (Å²) in [6, 6.07) is 7.90. The molecular weight excluding hydrogens is 212 g/mol. The van der Waals surface area contributed by atoms with E-state index in [0.29, 0.717) is 5.92 Å². The van der Waals surface area contributed by atoms with Gasteiger partial charge in [-0.2, -0.15) is 0 Å². The molecule has 2 rings (SSSR count). The first kappa shape index (κ1) is 12.4. The Morgan fingerprint density at radius 3 is 2.65 bits per heavy atom. The van der Waals surface area contributed by atoms with Crippen molar-refractivity contribution in [1.29, 1.82) is 0 Å². The maximum absolute atomic E-state index is 10.8. The van der Waals surface area contributed by atoms with Gasteiger partial charge in [-0.15, -0.1) is 0 Å². The molecule has 0 spiro atoms. The van der Waals surface area contributed by atoms with Crippen molar-refractivity contribution < 1.29 is 9.84 Å². The molecule has 0 aliphatic heterocycles. The van der Waals surface area contributed by atoms with Gasteiger partial charge in [-0.05, 0) is 45.1 Å². The molecule has 1 N–H and O–H groups in total. The molecular formula is C15H22O2. The fourth-order valence-electron chi connectivity index (χ4n) is 2.74. The summed E-state index contributed by atoms with van der Waals surface area (Å²) in [5.74, 6) is 1.14. The minimum Gasteiger partial charge on any atom is -0.491 e. The number of para-hydroxylation sites is 1. The van der Waals surface area contributed by atoms with Crippen LogP contribution in [0.2, 0.25) is 0 Å². The predicted molar refractivity (Wildman–Crippen MR) is 69.1 cm³/mol. The Labute approximate surface area is 104 Å². The zero-order valence-corrected chi connectivity index (χ0v) is 10.9. The van der Waals surface area contributed by atoms with Crippen molar-refractivity contribution in [2.45, 2.75) is 51.7 Å². The van der Waals surface area contributed by atoms with Crippen LogP contribution in [0.5, 0.6) is 5.75 Å². The second kappa shape index (κ2) is 4.69. The third-order valence-electron chi connectivity index (χ3n) is 3.73. The maximum Gasteiger partial charge on any atom is 0.125 e. The molecule has 1 aliphatic rings. The third kappa shape index (κ3) is 2.32. The van der Waals surface area contributed by atoms with Crippen molar-refractivity contribution in [3.05, 3.63) is 29.8 Å². The number of benzene rings is 1. The Morgan fingerprint density at radius 1 is 1.35 bits per heavy atom. The second-order valence-electron chi connectivity index (χ2n) is 5.38. The molecule has 2 nitrogen and oxygen atoms in total. The van der Waals surface area contributed by atoms with Gasteiger partial charge in [0, 0.05) is 5.56 Å². The summed E-state index contributed by atoms with van der Waals surface area (Å²) < 4.78 is 5.81. The van der Waals surface area contributed by atoms with E-state index < -0.39 is 5.60 Å². The summed E-state index contributed by atoms with van der Waals surface area (Å²) in [4.78, 5) is 0. The normalized spacial score (nSPS) is 28.6. The van der Waals surface area contributed by atoms with Crippen molar-refractivity contribution in [2.75, 3.05) is 0 Å². The van der Waals surface area contributed by atoms with E-state index in [1.54, 1.807) is 0 Å². The molecule has 94 valence electrons. The average molecular weight is 234 g/mol. The summed E-state index contributed by atoms with van der Waals surface area (Å²) in [6.07, 6.45) is 3.16. The first-order chi connectivity index (χ1) is 8.04. The highest BCUT2D eigenvalue weighted by atomic mass is 16.5. The van der Waals surface area contributed by atoms with E-state index in [-0.39, 0.29) is 6.10 Å². The van der Waals surface area contributed by atoms with Gasteiger partial charge < -0.3 is 9.84 Å². The van der Waals surface area contributed by atoms with E-state index in [9.17, 15) is 5.11 Å². The van der Waals surface area contributed by atoms with Crippen molar-refractivity contribution >= 4 is 0 Å². The predicted octanol–water partition coefficient (Wildman–Crippen LogP) is 3.48. The van der Waals surface area contributed by atoms with Gasteiger partial charge in [0.2, 0.25) is 0 Å². The van der Waals surface area contributed by atoms with Crippen LogP contribution in [0.25, 0.3) is 0 Å². The zero-order valence-electron chi connectivity index (χ0n) is 10.9. The van der Waals surface area contributed by atoms with E-state index >= 15 is 0 Å². The molecule has 0 bridgehead atoms. The van der Waals surface area contributed by atoms with Crippen molar-refractivity contribution in [1.82, 2.24) is 0 Å². The van der Waals surface area contributed by atoms with Crippen LogP contribution < -0.4 is 4.74 Å². The number of ether oxygens (including phenoxy) is 1. The Morgan fingerprint density at radius 2 is 2.06 bits per heavy atom. The maximum atomic E-state index is 10.8. The lowest BCUT2D eigenvalue weighted by atomic mass is 9.84. The molecule has 1 aliphatic carbocycles. The molecule has 17 heavy (non-hydrogen) atoms. The molecule has 2 atom stereocenters. The highest BCUT2D eigenvalue weighted by Crippen LogP contribution is 2.46. The molecule has 0 saturated heterocycles. The van der Waals surface area contributed by atoms with Crippen LogP contribution in [-0.2, 0) is 5.60 Å². The van der Waals surface area contributed by atoms with Gasteiger partial charge in [0.05, 0.1) is 11.7 Å². The molecule has 0 radical (unpaired) electrons. The van der Waals surface area contributed by atoms with Crippen LogP contribution in [-0.4, -0.2) is 11.2 Å². The van der Waals surface area contributed by atoms with Crippen molar-refractivity contribution in [2.24, 2.45) is 5.92 Å². The lowest BCUT2D eigenvalue weighted by molar-refractivity contribution is 0.00121. The van der Waals surface area contributed by atoms with Crippen LogP contribution in [0.3, 0.4) is 0 Å². The Hall–Kier alpha value is -1.02. The molecule has 1 fully saturated rings. The largest absolute Gasteiger partial charge is 0.491 e. The van der Waals surface area contributed by atoms with Crippen LogP contribution in [0, 0.1) is 5.92 Å². The van der Waals surface area contributed by atoms with E-state index in [2.05, 4.69) is 6.92 Å². The summed E-state index contributed by atoms with van der Waals surface area (Å²) in [5, 5.41) is 10.8. The van der Waals surface area contributed by atoms with E-state index in [0.717, 1.165) is 30.6 Å². The van der Waals surface area contributed by atoms with E-state index in [1.807, 2.05) is 38.1 Å². The Kier molecular flexibility index (Phi) is 3.43. The van der Waals surface area contributed by atoms with Gasteiger partial charge in [0.15, 0.2) is 0 Å². The van der Waals surface area contributed by atoms with Crippen molar-refractivity contribution in [3.8, 4) is 5.75 Å². The van der Waals surface area contributed by atoms with Crippen LogP contribution in [0.4, 0.5) is 0 Å². The van der Waals surface area contributed by atoms with Gasteiger partial charge in [0.25, 0.3) is 0 Å². The summed E-state index contributed by atoms with van der Waals surface area (Å²) in [7, 11) is 0. The Bertz CT molecular complexity index is 386. The summed E-state index contributed by atoms with van der Waals surface area (Å²) in [6.45, 7) is 6.15. The SMILES string of the molecule is CC(C)Oc1ccccc1C1(O)CCCC1C. The van der Waals surface area contributed by atoms with Gasteiger partial charge in [-0.1, -0.05) is 25.1 Å². The lowest BCUT2D eigenvalue weighted by Crippen LogP contribution is -2.29. The molecule has 0 aromatic heterocycles. The van der Waals surface area contributed by atoms with Crippen LogP contribution in [0.1, 0.15) is 45.6 Å². The van der Waals surface area contributed by atoms with Gasteiger partial charge in [-0.3, -0.25) is 0 Å². The molecule has 1 aromatic carbocycles. The molecule has 1 aromatic rings. The van der Waals surface area contributed by atoms with Gasteiger partial charge in [0.1, 0.15) is 5.75 Å². The highest BCUT2D eigenvalue weighted by Gasteiger charge is 2.41. The summed E-state index contributed by atoms with van der Waals surface area (Å²) in [5.41, 5.74) is 0.254. The monoisotopic (exact) mass is 234 g/mol. The minimum absolute atomic E-state index is 0.136. The van der Waals surface area contributed by atoms with E-state index in [1.165, 1.54) is 0 Å². The smallest absolute Gasteiger partial charge is 0.125 e. The van der Waals surface area contributed by atoms with Crippen LogP contribution in [0.15, 0.2) is 24.3 Å². The zero-order chi connectivity index (χ0) is 12.5. The Balaban J connectivity index is 2.37. The fourth-order valence-corrected chi connectivity index (χ4v) is 2.74. The van der Waals surface area contributed by atoms with Gasteiger partial charge in [-0.25, -0.2) is 0 Å². The standard InChI is InChI=1S/C15H22O2/c1-11(2)17-14-9-5-4-8-13(14)15(16)10-6-7-12(15)3/h4-5,8-9,11-12,16H,6-7,10H2,1-3H3. The van der Waals surface area contributed by atoms with Crippen molar-refractivity contribution in [3.63, 3.8) is 0 Å². The molecule has 1 saturated carbocycles. The number of rotatable bonds is 3. The highest BCUT2D eigenvalue weighted by molar-refractivity contribution is 5.39. The number of hydrogen-bond acceptors (Lipinski definition) is 2. The van der Waals surface area contributed by atoms with Crippen LogP contribution >= 0.6 is 0 Å². The first-order valence-corrected chi connectivity index (χ1v) is 6.52. The minimum atomic E-state index is -0.703. The average Bonchev–Trinajstić information content (AvgIpc) is 2.60. The first-order valence-electron chi connectivity index (χ1n) is 6.52. The van der Waals surface area contributed by atoms with Gasteiger partial charge >= 0.3 is 0 Å². The molecule has 0 amide bonds. The van der Waals surface area contributed by atoms with E-state index in [4.69, 9.17) is 4.74 Å².